The molecule has 1 heterocycles. The molecule has 28 heavy (non-hydrogen) atoms. The van der Waals surface area contributed by atoms with Crippen LogP contribution >= 0.6 is 0 Å². The molecule has 0 amide bonds. The van der Waals surface area contributed by atoms with Gasteiger partial charge in [0.1, 0.15) is 17.7 Å². The molecule has 2 aromatic rings. The Morgan fingerprint density at radius 3 is 2.32 bits per heavy atom. The van der Waals surface area contributed by atoms with E-state index in [1.54, 1.807) is 4.90 Å². The Morgan fingerprint density at radius 1 is 1.07 bits per heavy atom. The van der Waals surface area contributed by atoms with Crippen LogP contribution in [-0.4, -0.2) is 28.6 Å². The Morgan fingerprint density at radius 2 is 1.75 bits per heavy atom. The fourth-order valence-electron chi connectivity index (χ4n) is 3.66. The summed E-state index contributed by atoms with van der Waals surface area (Å²) in [6.07, 6.45) is -2.83. The third-order valence-electron chi connectivity index (χ3n) is 4.97. The molecule has 8 heteroatoms. The molecule has 2 unspecified atom stereocenters. The van der Waals surface area contributed by atoms with Gasteiger partial charge in [0.05, 0.1) is 11.6 Å². The van der Waals surface area contributed by atoms with Crippen LogP contribution in [0.3, 0.4) is 0 Å². The topological polar surface area (TPSA) is 40.5 Å². The van der Waals surface area contributed by atoms with Gasteiger partial charge in [0.2, 0.25) is 0 Å². The lowest BCUT2D eigenvalue weighted by molar-refractivity contribution is -0.145. The maximum absolute atomic E-state index is 14.5. The van der Waals surface area contributed by atoms with Crippen LogP contribution in [-0.2, 0) is 11.0 Å². The SMILES string of the molecule is O=C(O)C1CCCCN1C(c1ccc(C(F)(F)F)cc1)c1ccc(F)cc1F. The van der Waals surface area contributed by atoms with Gasteiger partial charge in [-0.2, -0.15) is 13.2 Å². The number of hydrogen-bond acceptors (Lipinski definition) is 2. The number of nitrogens with zero attached hydrogens (tertiary/aromatic N) is 1. The molecule has 0 bridgehead atoms. The molecule has 2 aromatic carbocycles. The van der Waals surface area contributed by atoms with Crippen molar-refractivity contribution in [2.75, 3.05) is 6.54 Å². The minimum absolute atomic E-state index is 0.0225. The van der Waals surface area contributed by atoms with E-state index in [0.717, 1.165) is 18.2 Å². The highest BCUT2D eigenvalue weighted by molar-refractivity contribution is 5.73. The monoisotopic (exact) mass is 399 g/mol. The molecule has 0 spiro atoms. The first-order valence-corrected chi connectivity index (χ1v) is 8.79. The van der Waals surface area contributed by atoms with Gasteiger partial charge in [-0.15, -0.1) is 0 Å². The molecule has 1 saturated heterocycles. The van der Waals surface area contributed by atoms with E-state index in [1.807, 2.05) is 0 Å². The van der Waals surface area contributed by atoms with E-state index in [0.29, 0.717) is 37.4 Å². The van der Waals surface area contributed by atoms with Crippen molar-refractivity contribution >= 4 is 5.97 Å². The minimum Gasteiger partial charge on any atom is -0.480 e. The number of rotatable bonds is 4. The average Bonchev–Trinajstić information content (AvgIpc) is 2.64. The van der Waals surface area contributed by atoms with Crippen molar-refractivity contribution in [1.82, 2.24) is 4.90 Å². The zero-order chi connectivity index (χ0) is 20.5. The zero-order valence-corrected chi connectivity index (χ0v) is 14.7. The van der Waals surface area contributed by atoms with Gasteiger partial charge in [0, 0.05) is 11.6 Å². The lowest BCUT2D eigenvalue weighted by Crippen LogP contribution is -2.47. The van der Waals surface area contributed by atoms with Gasteiger partial charge in [-0.05, 0) is 43.1 Å². The number of piperidine rings is 1. The molecular weight excluding hydrogens is 381 g/mol. The average molecular weight is 399 g/mol. The van der Waals surface area contributed by atoms with Crippen molar-refractivity contribution < 1.29 is 31.9 Å². The van der Waals surface area contributed by atoms with Crippen molar-refractivity contribution in [3.63, 3.8) is 0 Å². The molecule has 2 atom stereocenters. The van der Waals surface area contributed by atoms with Crippen LogP contribution in [0.25, 0.3) is 0 Å². The zero-order valence-electron chi connectivity index (χ0n) is 14.7. The lowest BCUT2D eigenvalue weighted by atomic mass is 9.91. The number of alkyl halides is 3. The van der Waals surface area contributed by atoms with Gasteiger partial charge >= 0.3 is 12.1 Å². The second-order valence-electron chi connectivity index (χ2n) is 6.78. The largest absolute Gasteiger partial charge is 0.480 e. The third-order valence-corrected chi connectivity index (χ3v) is 4.97. The first-order chi connectivity index (χ1) is 13.2. The fourth-order valence-corrected chi connectivity index (χ4v) is 3.66. The summed E-state index contributed by atoms with van der Waals surface area (Å²) in [5, 5.41) is 9.57. The predicted octanol–water partition coefficient (Wildman–Crippen LogP) is 5.01. The van der Waals surface area contributed by atoms with Gasteiger partial charge in [-0.25, -0.2) is 8.78 Å². The van der Waals surface area contributed by atoms with Crippen molar-refractivity contribution in [1.29, 1.82) is 0 Å². The molecule has 1 aliphatic heterocycles. The van der Waals surface area contributed by atoms with E-state index in [4.69, 9.17) is 0 Å². The quantitative estimate of drug-likeness (QED) is 0.735. The number of carboxylic acid groups (broad SMARTS) is 1. The van der Waals surface area contributed by atoms with Crippen LogP contribution in [0.2, 0.25) is 0 Å². The molecule has 0 aromatic heterocycles. The first kappa shape index (κ1) is 20.3. The van der Waals surface area contributed by atoms with E-state index in [9.17, 15) is 31.9 Å². The minimum atomic E-state index is -4.52. The molecule has 0 radical (unpaired) electrons. The highest BCUT2D eigenvalue weighted by Gasteiger charge is 2.37. The maximum Gasteiger partial charge on any atom is 0.416 e. The van der Waals surface area contributed by atoms with Crippen LogP contribution in [0.1, 0.15) is 42.0 Å². The van der Waals surface area contributed by atoms with Crippen LogP contribution in [0.5, 0.6) is 0 Å². The van der Waals surface area contributed by atoms with E-state index in [-0.39, 0.29) is 5.56 Å². The molecule has 0 aliphatic carbocycles. The number of likely N-dealkylation sites (tertiary alicyclic amines) is 1. The maximum atomic E-state index is 14.5. The van der Waals surface area contributed by atoms with Gasteiger partial charge in [-0.1, -0.05) is 24.6 Å². The van der Waals surface area contributed by atoms with Crippen LogP contribution < -0.4 is 0 Å². The third kappa shape index (κ3) is 4.16. The number of carbonyl (C=O) groups is 1. The summed E-state index contributed by atoms with van der Waals surface area (Å²) in [6.45, 7) is 0.333. The van der Waals surface area contributed by atoms with Gasteiger partial charge in [-0.3, -0.25) is 9.69 Å². The van der Waals surface area contributed by atoms with Crippen molar-refractivity contribution in [2.24, 2.45) is 0 Å². The van der Waals surface area contributed by atoms with Crippen molar-refractivity contribution in [3.05, 3.63) is 70.8 Å². The summed E-state index contributed by atoms with van der Waals surface area (Å²) < 4.78 is 66.6. The summed E-state index contributed by atoms with van der Waals surface area (Å²) in [4.78, 5) is 13.3. The Kier molecular flexibility index (Phi) is 5.69. The Bertz CT molecular complexity index is 851. The molecule has 1 fully saturated rings. The molecule has 0 saturated carbocycles. The van der Waals surface area contributed by atoms with E-state index in [2.05, 4.69) is 0 Å². The second-order valence-corrected chi connectivity index (χ2v) is 6.78. The van der Waals surface area contributed by atoms with E-state index in [1.165, 1.54) is 18.2 Å². The number of halogens is 5. The van der Waals surface area contributed by atoms with E-state index >= 15 is 0 Å². The highest BCUT2D eigenvalue weighted by Crippen LogP contribution is 2.37. The molecule has 3 nitrogen and oxygen atoms in total. The molecule has 150 valence electrons. The van der Waals surface area contributed by atoms with Gasteiger partial charge in [0.15, 0.2) is 0 Å². The normalized spacial score (nSPS) is 19.4. The second kappa shape index (κ2) is 7.87. The summed E-state index contributed by atoms with van der Waals surface area (Å²) in [7, 11) is 0. The highest BCUT2D eigenvalue weighted by atomic mass is 19.4. The predicted molar refractivity (Wildman–Crippen MR) is 91.6 cm³/mol. The van der Waals surface area contributed by atoms with Crippen LogP contribution in [0.4, 0.5) is 22.0 Å². The molecule has 3 rings (SSSR count). The molecular formula is C20H18F5NO2. The van der Waals surface area contributed by atoms with E-state index < -0.39 is 41.4 Å². The number of carboxylic acids is 1. The Hall–Kier alpha value is -2.48. The number of benzene rings is 2. The Labute approximate surface area is 158 Å². The lowest BCUT2D eigenvalue weighted by Gasteiger charge is -2.39. The van der Waals surface area contributed by atoms with Crippen LogP contribution in [0, 0.1) is 11.6 Å². The van der Waals surface area contributed by atoms with Crippen molar-refractivity contribution in [2.45, 2.75) is 37.5 Å². The van der Waals surface area contributed by atoms with Gasteiger partial charge < -0.3 is 5.11 Å². The summed E-state index contributed by atoms with van der Waals surface area (Å²) >= 11 is 0. The molecule has 1 N–H and O–H groups in total. The summed E-state index contributed by atoms with van der Waals surface area (Å²) in [5.41, 5.74) is -0.524. The Balaban J connectivity index is 2.10. The summed E-state index contributed by atoms with van der Waals surface area (Å²) in [6, 6.07) is 5.28. The van der Waals surface area contributed by atoms with Crippen molar-refractivity contribution in [3.8, 4) is 0 Å². The fraction of sp³-hybridized carbons (Fsp3) is 0.350. The van der Waals surface area contributed by atoms with Gasteiger partial charge in [0.25, 0.3) is 0 Å². The first-order valence-electron chi connectivity index (χ1n) is 8.79. The van der Waals surface area contributed by atoms with Crippen LogP contribution in [0.15, 0.2) is 42.5 Å². The smallest absolute Gasteiger partial charge is 0.416 e. The standard InChI is InChI=1S/C20H18F5NO2/c21-14-8-9-15(16(22)11-14)18(26-10-2-1-3-17(26)19(27)28)12-4-6-13(7-5-12)20(23,24)25/h4-9,11,17-18H,1-3,10H2,(H,27,28). The molecule has 1 aliphatic rings. The number of hydrogen-bond donors (Lipinski definition) is 1. The number of aliphatic carboxylic acids is 1. The summed E-state index contributed by atoms with van der Waals surface area (Å²) in [5.74, 6) is -2.75.